The number of halogens is 1. The molecule has 0 N–H and O–H groups in total. The van der Waals surface area contributed by atoms with Gasteiger partial charge < -0.3 is 0 Å². The van der Waals surface area contributed by atoms with Crippen molar-refractivity contribution in [1.82, 2.24) is 0 Å². The van der Waals surface area contributed by atoms with Crippen LogP contribution in [0.5, 0.6) is 0 Å². The Labute approximate surface area is 96.4 Å². The van der Waals surface area contributed by atoms with Crippen LogP contribution in [-0.2, 0) is 0 Å². The summed E-state index contributed by atoms with van der Waals surface area (Å²) in [6.07, 6.45) is 1.04. The lowest BCUT2D eigenvalue weighted by molar-refractivity contribution is 0.0933. The second kappa shape index (κ2) is 4.49. The van der Waals surface area contributed by atoms with Crippen molar-refractivity contribution in [2.45, 2.75) is 6.42 Å². The molecule has 74 valence electrons. The molecule has 1 aliphatic heterocycles. The molecule has 1 aromatic carbocycles. The Bertz CT molecular complexity index is 328. The van der Waals surface area contributed by atoms with Crippen LogP contribution >= 0.6 is 27.7 Å². The van der Waals surface area contributed by atoms with Gasteiger partial charge in [0.2, 0.25) is 0 Å². The lowest BCUT2D eigenvalue weighted by Crippen LogP contribution is -2.13. The smallest absolute Gasteiger partial charge is 0.166 e. The van der Waals surface area contributed by atoms with Gasteiger partial charge >= 0.3 is 0 Å². The molecule has 1 nitrogen and oxygen atoms in total. The number of carbonyl (C=O) groups is 1. The van der Waals surface area contributed by atoms with Gasteiger partial charge in [-0.05, 0) is 24.3 Å². The Morgan fingerprint density at radius 1 is 1.36 bits per heavy atom. The molecule has 1 heterocycles. The van der Waals surface area contributed by atoms with Crippen molar-refractivity contribution in [2.75, 3.05) is 11.5 Å². The Kier molecular flexibility index (Phi) is 3.29. The molecule has 3 heteroatoms. The minimum Gasteiger partial charge on any atom is -0.294 e. The Morgan fingerprint density at radius 2 is 2.07 bits per heavy atom. The fourth-order valence-corrected chi connectivity index (χ4v) is 3.08. The van der Waals surface area contributed by atoms with Crippen molar-refractivity contribution in [3.05, 3.63) is 34.3 Å². The van der Waals surface area contributed by atoms with E-state index < -0.39 is 0 Å². The summed E-state index contributed by atoms with van der Waals surface area (Å²) >= 11 is 5.24. The number of hydrogen-bond acceptors (Lipinski definition) is 2. The summed E-state index contributed by atoms with van der Waals surface area (Å²) < 4.78 is 1.02. The van der Waals surface area contributed by atoms with Gasteiger partial charge in [0.25, 0.3) is 0 Å². The van der Waals surface area contributed by atoms with Crippen LogP contribution in [0.25, 0.3) is 0 Å². The first-order valence-corrected chi connectivity index (χ1v) is 6.59. The summed E-state index contributed by atoms with van der Waals surface area (Å²) in [6, 6.07) is 7.65. The summed E-state index contributed by atoms with van der Waals surface area (Å²) in [4.78, 5) is 11.9. The van der Waals surface area contributed by atoms with Crippen molar-refractivity contribution >= 4 is 33.5 Å². The molecule has 0 radical (unpaired) electrons. The first-order chi connectivity index (χ1) is 6.77. The minimum absolute atomic E-state index is 0.251. The molecule has 14 heavy (non-hydrogen) atoms. The van der Waals surface area contributed by atoms with E-state index in [1.165, 1.54) is 0 Å². The minimum atomic E-state index is 0.251. The maximum atomic E-state index is 11.9. The van der Waals surface area contributed by atoms with Crippen LogP contribution in [0, 0.1) is 5.92 Å². The second-order valence-corrected chi connectivity index (χ2v) is 5.50. The highest BCUT2D eigenvalue weighted by Gasteiger charge is 2.23. The summed E-state index contributed by atoms with van der Waals surface area (Å²) in [7, 11) is 0. The third kappa shape index (κ3) is 2.20. The molecule has 0 saturated carbocycles. The predicted octanol–water partition coefficient (Wildman–Crippen LogP) is 3.38. The highest BCUT2D eigenvalue weighted by molar-refractivity contribution is 9.10. The molecule has 1 fully saturated rings. The second-order valence-electron chi connectivity index (χ2n) is 3.43. The molecule has 0 amide bonds. The van der Waals surface area contributed by atoms with Gasteiger partial charge in [-0.15, -0.1) is 0 Å². The quantitative estimate of drug-likeness (QED) is 0.767. The lowest BCUT2D eigenvalue weighted by Gasteiger charge is -2.06. The molecule has 0 spiro atoms. The molecular formula is C11H11BrOS. The van der Waals surface area contributed by atoms with Crippen LogP contribution in [-0.4, -0.2) is 17.3 Å². The van der Waals surface area contributed by atoms with E-state index in [1.807, 2.05) is 36.0 Å². The molecule has 2 rings (SSSR count). The van der Waals surface area contributed by atoms with Crippen LogP contribution in [0.2, 0.25) is 0 Å². The largest absolute Gasteiger partial charge is 0.294 e. The van der Waals surface area contributed by atoms with Gasteiger partial charge in [0.15, 0.2) is 5.78 Å². The van der Waals surface area contributed by atoms with Gasteiger partial charge in [-0.25, -0.2) is 0 Å². The average molecular weight is 271 g/mol. The van der Waals surface area contributed by atoms with Gasteiger partial charge in [0.1, 0.15) is 0 Å². The van der Waals surface area contributed by atoms with Crippen LogP contribution in [0.15, 0.2) is 28.7 Å². The van der Waals surface area contributed by atoms with Crippen LogP contribution in [0.1, 0.15) is 16.8 Å². The molecule has 1 aromatic rings. The summed E-state index contributed by atoms with van der Waals surface area (Å²) in [5.41, 5.74) is 0.848. The summed E-state index contributed by atoms with van der Waals surface area (Å²) in [5.74, 6) is 2.69. The summed E-state index contributed by atoms with van der Waals surface area (Å²) in [6.45, 7) is 0. The van der Waals surface area contributed by atoms with Crippen molar-refractivity contribution in [2.24, 2.45) is 5.92 Å². The number of hydrogen-bond donors (Lipinski definition) is 0. The SMILES string of the molecule is O=C(c1ccc(Br)cc1)C1CCSC1. The maximum Gasteiger partial charge on any atom is 0.166 e. The normalized spacial score (nSPS) is 21.1. The van der Waals surface area contributed by atoms with E-state index in [0.717, 1.165) is 28.0 Å². The van der Waals surface area contributed by atoms with Gasteiger partial charge in [0, 0.05) is 21.7 Å². The van der Waals surface area contributed by atoms with Gasteiger partial charge in [-0.2, -0.15) is 11.8 Å². The average Bonchev–Trinajstić information content (AvgIpc) is 2.71. The maximum absolute atomic E-state index is 11.9. The number of rotatable bonds is 2. The van der Waals surface area contributed by atoms with Gasteiger partial charge in [0.05, 0.1) is 0 Å². The number of ketones is 1. The zero-order valence-electron chi connectivity index (χ0n) is 7.70. The van der Waals surface area contributed by atoms with Crippen molar-refractivity contribution < 1.29 is 4.79 Å². The predicted molar refractivity (Wildman–Crippen MR) is 63.9 cm³/mol. The third-order valence-electron chi connectivity index (χ3n) is 2.43. The van der Waals surface area contributed by atoms with Crippen molar-refractivity contribution in [3.63, 3.8) is 0 Å². The fourth-order valence-electron chi connectivity index (χ4n) is 1.59. The molecule has 0 bridgehead atoms. The van der Waals surface area contributed by atoms with E-state index >= 15 is 0 Å². The number of Topliss-reactive ketones (excluding diaryl/α,β-unsaturated/α-hetero) is 1. The molecule has 1 unspecified atom stereocenters. The first kappa shape index (κ1) is 10.2. The number of carbonyl (C=O) groups excluding carboxylic acids is 1. The molecule has 1 saturated heterocycles. The van der Waals surface area contributed by atoms with Crippen LogP contribution in [0.3, 0.4) is 0 Å². The van der Waals surface area contributed by atoms with Crippen molar-refractivity contribution in [3.8, 4) is 0 Å². The Balaban J connectivity index is 2.14. The zero-order valence-corrected chi connectivity index (χ0v) is 10.1. The summed E-state index contributed by atoms with van der Waals surface area (Å²) in [5, 5.41) is 0. The molecular weight excluding hydrogens is 260 g/mol. The van der Waals surface area contributed by atoms with E-state index in [1.54, 1.807) is 0 Å². The monoisotopic (exact) mass is 270 g/mol. The standard InChI is InChI=1S/C11H11BrOS/c12-10-3-1-8(2-4-10)11(13)9-5-6-14-7-9/h1-4,9H,5-7H2. The topological polar surface area (TPSA) is 17.1 Å². The highest BCUT2D eigenvalue weighted by atomic mass is 79.9. The number of benzene rings is 1. The first-order valence-electron chi connectivity index (χ1n) is 4.65. The zero-order chi connectivity index (χ0) is 9.97. The number of thioether (sulfide) groups is 1. The molecule has 1 atom stereocenters. The molecule has 0 aromatic heterocycles. The third-order valence-corrected chi connectivity index (χ3v) is 4.12. The van der Waals surface area contributed by atoms with E-state index in [-0.39, 0.29) is 5.92 Å². The molecule has 1 aliphatic rings. The van der Waals surface area contributed by atoms with E-state index in [2.05, 4.69) is 15.9 Å². The van der Waals surface area contributed by atoms with Gasteiger partial charge in [-0.3, -0.25) is 4.79 Å². The van der Waals surface area contributed by atoms with E-state index in [0.29, 0.717) is 5.78 Å². The van der Waals surface area contributed by atoms with Crippen LogP contribution < -0.4 is 0 Å². The van der Waals surface area contributed by atoms with Crippen LogP contribution in [0.4, 0.5) is 0 Å². The highest BCUT2D eigenvalue weighted by Crippen LogP contribution is 2.26. The van der Waals surface area contributed by atoms with Gasteiger partial charge in [-0.1, -0.05) is 28.1 Å². The van der Waals surface area contributed by atoms with Crippen molar-refractivity contribution in [1.29, 1.82) is 0 Å². The van der Waals surface area contributed by atoms with E-state index in [4.69, 9.17) is 0 Å². The Hall–Kier alpha value is -0.280. The lowest BCUT2D eigenvalue weighted by atomic mass is 9.97. The Morgan fingerprint density at radius 3 is 2.64 bits per heavy atom. The fraction of sp³-hybridized carbons (Fsp3) is 0.364. The van der Waals surface area contributed by atoms with E-state index in [9.17, 15) is 4.79 Å². The molecule has 0 aliphatic carbocycles.